The van der Waals surface area contributed by atoms with Crippen LogP contribution in [0.4, 0.5) is 0 Å². The van der Waals surface area contributed by atoms with Crippen LogP contribution < -0.4 is 5.32 Å². The Morgan fingerprint density at radius 3 is 2.60 bits per heavy atom. The van der Waals surface area contributed by atoms with Gasteiger partial charge in [0.2, 0.25) is 0 Å². The van der Waals surface area contributed by atoms with Gasteiger partial charge in [-0.15, -0.1) is 0 Å². The number of nitrogens with one attached hydrogen (secondary N) is 1. The van der Waals surface area contributed by atoms with E-state index in [-0.39, 0.29) is 0 Å². The molecule has 90 valence electrons. The Labute approximate surface area is 94.8 Å². The SMILES string of the molecule is CCCNC(CCCOC(C)C)C1CC1. The van der Waals surface area contributed by atoms with Gasteiger partial charge in [-0.3, -0.25) is 0 Å². The molecule has 1 saturated carbocycles. The molecule has 1 fully saturated rings. The standard InChI is InChI=1S/C13H27NO/c1-4-9-14-13(12-7-8-12)6-5-10-15-11(2)3/h11-14H,4-10H2,1-3H3. The predicted octanol–water partition coefficient (Wildman–Crippen LogP) is 2.97. The summed E-state index contributed by atoms with van der Waals surface area (Å²) in [4.78, 5) is 0. The summed E-state index contributed by atoms with van der Waals surface area (Å²) in [7, 11) is 0. The van der Waals surface area contributed by atoms with Gasteiger partial charge in [0.25, 0.3) is 0 Å². The second kappa shape index (κ2) is 7.24. The highest BCUT2D eigenvalue weighted by atomic mass is 16.5. The quantitative estimate of drug-likeness (QED) is 0.595. The summed E-state index contributed by atoms with van der Waals surface area (Å²) in [6.07, 6.45) is 6.99. The molecule has 0 saturated heterocycles. The molecule has 1 unspecified atom stereocenters. The Hall–Kier alpha value is -0.0800. The molecule has 1 aliphatic rings. The van der Waals surface area contributed by atoms with Gasteiger partial charge in [-0.1, -0.05) is 6.92 Å². The molecule has 0 aliphatic heterocycles. The monoisotopic (exact) mass is 213 g/mol. The Morgan fingerprint density at radius 2 is 2.07 bits per heavy atom. The van der Waals surface area contributed by atoms with E-state index in [0.29, 0.717) is 6.10 Å². The van der Waals surface area contributed by atoms with Gasteiger partial charge in [0.05, 0.1) is 6.10 Å². The molecule has 15 heavy (non-hydrogen) atoms. The van der Waals surface area contributed by atoms with E-state index in [1.54, 1.807) is 0 Å². The largest absolute Gasteiger partial charge is 0.379 e. The van der Waals surface area contributed by atoms with Crippen LogP contribution >= 0.6 is 0 Å². The van der Waals surface area contributed by atoms with E-state index in [0.717, 1.165) is 18.6 Å². The number of rotatable bonds is 9. The fraction of sp³-hybridized carbons (Fsp3) is 1.00. The lowest BCUT2D eigenvalue weighted by Gasteiger charge is -2.18. The van der Waals surface area contributed by atoms with E-state index in [1.807, 2.05) is 0 Å². The first-order valence-corrected chi connectivity index (χ1v) is 6.59. The molecular weight excluding hydrogens is 186 g/mol. The van der Waals surface area contributed by atoms with Crippen molar-refractivity contribution in [3.8, 4) is 0 Å². The van der Waals surface area contributed by atoms with Crippen molar-refractivity contribution in [2.45, 2.75) is 65.0 Å². The summed E-state index contributed by atoms with van der Waals surface area (Å²) in [5, 5.41) is 3.66. The first-order chi connectivity index (χ1) is 7.24. The lowest BCUT2D eigenvalue weighted by atomic mass is 10.1. The van der Waals surface area contributed by atoms with Crippen LogP contribution in [0.1, 0.15) is 52.9 Å². The lowest BCUT2D eigenvalue weighted by Crippen LogP contribution is -2.32. The molecule has 2 nitrogen and oxygen atoms in total. The van der Waals surface area contributed by atoms with Crippen LogP contribution in [0.25, 0.3) is 0 Å². The van der Waals surface area contributed by atoms with Crippen LogP contribution in [0.15, 0.2) is 0 Å². The van der Waals surface area contributed by atoms with Crippen molar-refractivity contribution in [2.75, 3.05) is 13.2 Å². The molecule has 0 radical (unpaired) electrons. The summed E-state index contributed by atoms with van der Waals surface area (Å²) < 4.78 is 5.57. The van der Waals surface area contributed by atoms with E-state index >= 15 is 0 Å². The van der Waals surface area contributed by atoms with Crippen molar-refractivity contribution < 1.29 is 4.74 Å². The van der Waals surface area contributed by atoms with E-state index in [4.69, 9.17) is 4.74 Å². The topological polar surface area (TPSA) is 21.3 Å². The zero-order valence-corrected chi connectivity index (χ0v) is 10.6. The molecule has 0 spiro atoms. The van der Waals surface area contributed by atoms with Crippen molar-refractivity contribution in [2.24, 2.45) is 5.92 Å². The average molecular weight is 213 g/mol. The van der Waals surface area contributed by atoms with Crippen molar-refractivity contribution >= 4 is 0 Å². The molecule has 1 atom stereocenters. The molecule has 0 bridgehead atoms. The molecular formula is C13H27NO. The Kier molecular flexibility index (Phi) is 6.26. The van der Waals surface area contributed by atoms with Gasteiger partial charge in [0, 0.05) is 12.6 Å². The third-order valence-corrected chi connectivity index (χ3v) is 2.96. The van der Waals surface area contributed by atoms with Gasteiger partial charge < -0.3 is 10.1 Å². The number of hydrogen-bond donors (Lipinski definition) is 1. The van der Waals surface area contributed by atoms with Crippen LogP contribution in [-0.2, 0) is 4.74 Å². The Balaban J connectivity index is 2.03. The van der Waals surface area contributed by atoms with Crippen molar-refractivity contribution in [1.29, 1.82) is 0 Å². The minimum atomic E-state index is 0.382. The van der Waals surface area contributed by atoms with Gasteiger partial charge in [-0.2, -0.15) is 0 Å². The van der Waals surface area contributed by atoms with E-state index in [2.05, 4.69) is 26.1 Å². The summed E-state index contributed by atoms with van der Waals surface area (Å²) >= 11 is 0. The highest BCUT2D eigenvalue weighted by Gasteiger charge is 2.29. The van der Waals surface area contributed by atoms with Crippen LogP contribution in [0, 0.1) is 5.92 Å². The van der Waals surface area contributed by atoms with E-state index in [9.17, 15) is 0 Å². The number of ether oxygens (including phenoxy) is 1. The zero-order chi connectivity index (χ0) is 11.1. The van der Waals surface area contributed by atoms with Gasteiger partial charge in [-0.05, 0) is 58.4 Å². The smallest absolute Gasteiger partial charge is 0.0518 e. The molecule has 2 heteroatoms. The molecule has 0 aromatic rings. The molecule has 0 aromatic carbocycles. The second-order valence-corrected chi connectivity index (χ2v) is 4.96. The Morgan fingerprint density at radius 1 is 1.33 bits per heavy atom. The predicted molar refractivity (Wildman–Crippen MR) is 65.1 cm³/mol. The maximum atomic E-state index is 5.57. The summed E-state index contributed by atoms with van der Waals surface area (Å²) in [5.41, 5.74) is 0. The van der Waals surface area contributed by atoms with Crippen LogP contribution in [0.2, 0.25) is 0 Å². The fourth-order valence-corrected chi connectivity index (χ4v) is 1.96. The average Bonchev–Trinajstić information content (AvgIpc) is 3.00. The van der Waals surface area contributed by atoms with Crippen molar-refractivity contribution in [1.82, 2.24) is 5.32 Å². The normalized spacial score (nSPS) is 18.4. The van der Waals surface area contributed by atoms with Crippen molar-refractivity contribution in [3.63, 3.8) is 0 Å². The zero-order valence-electron chi connectivity index (χ0n) is 10.6. The first kappa shape index (κ1) is 13.0. The highest BCUT2D eigenvalue weighted by molar-refractivity contribution is 4.86. The van der Waals surface area contributed by atoms with Gasteiger partial charge >= 0.3 is 0 Å². The minimum absolute atomic E-state index is 0.382. The molecule has 0 amide bonds. The van der Waals surface area contributed by atoms with Crippen LogP contribution in [0.5, 0.6) is 0 Å². The third-order valence-electron chi connectivity index (χ3n) is 2.96. The van der Waals surface area contributed by atoms with Crippen molar-refractivity contribution in [3.05, 3.63) is 0 Å². The van der Waals surface area contributed by atoms with Gasteiger partial charge in [0.1, 0.15) is 0 Å². The maximum Gasteiger partial charge on any atom is 0.0518 e. The Bertz CT molecular complexity index is 155. The molecule has 1 aliphatic carbocycles. The second-order valence-electron chi connectivity index (χ2n) is 4.96. The van der Waals surface area contributed by atoms with Gasteiger partial charge in [0.15, 0.2) is 0 Å². The molecule has 0 aromatic heterocycles. The third kappa shape index (κ3) is 6.16. The molecule has 1 rings (SSSR count). The van der Waals surface area contributed by atoms with Gasteiger partial charge in [-0.25, -0.2) is 0 Å². The summed E-state index contributed by atoms with van der Waals surface area (Å²) in [5.74, 6) is 0.968. The number of hydrogen-bond acceptors (Lipinski definition) is 2. The maximum absolute atomic E-state index is 5.57. The minimum Gasteiger partial charge on any atom is -0.379 e. The van der Waals surface area contributed by atoms with E-state index < -0.39 is 0 Å². The fourth-order valence-electron chi connectivity index (χ4n) is 1.96. The molecule has 1 N–H and O–H groups in total. The molecule has 0 heterocycles. The first-order valence-electron chi connectivity index (χ1n) is 6.59. The van der Waals surface area contributed by atoms with E-state index in [1.165, 1.54) is 38.6 Å². The van der Waals surface area contributed by atoms with Crippen LogP contribution in [0.3, 0.4) is 0 Å². The van der Waals surface area contributed by atoms with Crippen LogP contribution in [-0.4, -0.2) is 25.3 Å². The summed E-state index contributed by atoms with van der Waals surface area (Å²) in [6, 6.07) is 0.765. The summed E-state index contributed by atoms with van der Waals surface area (Å²) in [6.45, 7) is 8.54. The highest BCUT2D eigenvalue weighted by Crippen LogP contribution is 2.34. The lowest BCUT2D eigenvalue weighted by molar-refractivity contribution is 0.0741.